The highest BCUT2D eigenvalue weighted by atomic mass is 79.9. The van der Waals surface area contributed by atoms with Crippen LogP contribution >= 0.6 is 15.9 Å². The van der Waals surface area contributed by atoms with Gasteiger partial charge in [-0.05, 0) is 62.7 Å². The number of hydrogen-bond acceptors (Lipinski definition) is 4. The quantitative estimate of drug-likeness (QED) is 0.550. The van der Waals surface area contributed by atoms with E-state index in [9.17, 15) is 4.79 Å². The van der Waals surface area contributed by atoms with E-state index in [1.807, 2.05) is 63.2 Å². The summed E-state index contributed by atoms with van der Waals surface area (Å²) >= 11 is 3.43. The highest BCUT2D eigenvalue weighted by Gasteiger charge is 2.18. The van der Waals surface area contributed by atoms with E-state index in [-0.39, 0.29) is 11.9 Å². The summed E-state index contributed by atoms with van der Waals surface area (Å²) < 4.78 is 13.7. The van der Waals surface area contributed by atoms with Crippen molar-refractivity contribution in [2.45, 2.75) is 26.8 Å². The number of carbonyl (C=O) groups excluding carboxylic acids is 1. The topological polar surface area (TPSA) is 65.4 Å². The van der Waals surface area contributed by atoms with Crippen LogP contribution in [0.3, 0.4) is 0 Å². The molecule has 0 aliphatic rings. The normalized spacial score (nSPS) is 11.8. The summed E-state index contributed by atoms with van der Waals surface area (Å²) in [5, 5.41) is 7.41. The van der Waals surface area contributed by atoms with E-state index in [0.717, 1.165) is 21.4 Å². The van der Waals surface area contributed by atoms with Gasteiger partial charge in [-0.2, -0.15) is 5.10 Å². The maximum Gasteiger partial charge on any atom is 0.255 e. The SMILES string of the molecule is CCOc1ccc(C(C)NC(=O)c2cnn(-c3ccc(Br)cc3)c2C)cc1OC. The van der Waals surface area contributed by atoms with Gasteiger partial charge in [0.25, 0.3) is 5.91 Å². The van der Waals surface area contributed by atoms with E-state index in [4.69, 9.17) is 9.47 Å². The standard InChI is InChI=1S/C22H24BrN3O3/c1-5-29-20-11-6-16(12-21(20)28-4)14(2)25-22(27)19-13-24-26(15(19)3)18-9-7-17(23)8-10-18/h6-14H,5H2,1-4H3,(H,25,27). The maximum absolute atomic E-state index is 12.8. The third-order valence-electron chi connectivity index (χ3n) is 4.66. The van der Waals surface area contributed by atoms with Gasteiger partial charge in [0.15, 0.2) is 11.5 Å². The Hall–Kier alpha value is -2.80. The van der Waals surface area contributed by atoms with Gasteiger partial charge in [0.05, 0.1) is 42.9 Å². The molecule has 0 spiro atoms. The first-order valence-corrected chi connectivity index (χ1v) is 10.2. The van der Waals surface area contributed by atoms with E-state index in [1.54, 1.807) is 18.0 Å². The molecule has 0 saturated heterocycles. The smallest absolute Gasteiger partial charge is 0.255 e. The van der Waals surface area contributed by atoms with Crippen molar-refractivity contribution in [3.63, 3.8) is 0 Å². The molecule has 0 aliphatic heterocycles. The van der Waals surface area contributed by atoms with E-state index >= 15 is 0 Å². The Labute approximate surface area is 179 Å². The van der Waals surface area contributed by atoms with Gasteiger partial charge in [-0.1, -0.05) is 22.0 Å². The number of ether oxygens (including phenoxy) is 2. The zero-order chi connectivity index (χ0) is 21.0. The molecule has 3 rings (SSSR count). The molecular weight excluding hydrogens is 434 g/mol. The number of nitrogens with zero attached hydrogens (tertiary/aromatic N) is 2. The van der Waals surface area contributed by atoms with Crippen molar-refractivity contribution in [1.82, 2.24) is 15.1 Å². The van der Waals surface area contributed by atoms with Gasteiger partial charge in [-0.3, -0.25) is 4.79 Å². The molecule has 3 aromatic rings. The molecule has 6 nitrogen and oxygen atoms in total. The molecule has 0 saturated carbocycles. The van der Waals surface area contributed by atoms with E-state index in [1.165, 1.54) is 0 Å². The second-order valence-corrected chi connectivity index (χ2v) is 7.49. The van der Waals surface area contributed by atoms with E-state index in [0.29, 0.717) is 23.7 Å². The first-order chi connectivity index (χ1) is 13.9. The van der Waals surface area contributed by atoms with Crippen LogP contribution in [0.25, 0.3) is 5.69 Å². The van der Waals surface area contributed by atoms with Gasteiger partial charge >= 0.3 is 0 Å². The molecule has 1 aromatic heterocycles. The predicted molar refractivity (Wildman–Crippen MR) is 116 cm³/mol. The molecular formula is C22H24BrN3O3. The summed E-state index contributed by atoms with van der Waals surface area (Å²) in [5.41, 5.74) is 3.14. The fourth-order valence-electron chi connectivity index (χ4n) is 3.06. The number of halogens is 1. The zero-order valence-corrected chi connectivity index (χ0v) is 18.5. The van der Waals surface area contributed by atoms with Crippen LogP contribution in [-0.4, -0.2) is 29.4 Å². The van der Waals surface area contributed by atoms with Crippen molar-refractivity contribution in [2.24, 2.45) is 0 Å². The van der Waals surface area contributed by atoms with Crippen molar-refractivity contribution in [3.05, 3.63) is 70.0 Å². The minimum absolute atomic E-state index is 0.175. The Bertz CT molecular complexity index is 999. The molecule has 2 aromatic carbocycles. The monoisotopic (exact) mass is 457 g/mol. The summed E-state index contributed by atoms with van der Waals surface area (Å²) in [4.78, 5) is 12.8. The molecule has 7 heteroatoms. The molecule has 1 N–H and O–H groups in total. The highest BCUT2D eigenvalue weighted by molar-refractivity contribution is 9.10. The fourth-order valence-corrected chi connectivity index (χ4v) is 3.33. The second-order valence-electron chi connectivity index (χ2n) is 6.57. The predicted octanol–water partition coefficient (Wildman–Crippen LogP) is 4.84. The summed E-state index contributed by atoms with van der Waals surface area (Å²) in [6.45, 7) is 6.30. The van der Waals surface area contributed by atoms with Gasteiger partial charge in [0, 0.05) is 4.47 Å². The van der Waals surface area contributed by atoms with E-state index in [2.05, 4.69) is 26.3 Å². The van der Waals surface area contributed by atoms with Crippen LogP contribution in [0.5, 0.6) is 11.5 Å². The number of rotatable bonds is 7. The number of hydrogen-bond donors (Lipinski definition) is 1. The van der Waals surface area contributed by atoms with Crippen molar-refractivity contribution < 1.29 is 14.3 Å². The Morgan fingerprint density at radius 2 is 1.93 bits per heavy atom. The second kappa shape index (κ2) is 9.13. The Kier molecular flexibility index (Phi) is 6.59. The Morgan fingerprint density at radius 3 is 2.59 bits per heavy atom. The number of benzene rings is 2. The molecule has 0 fully saturated rings. The van der Waals surface area contributed by atoms with Crippen LogP contribution in [0.15, 0.2) is 53.1 Å². The van der Waals surface area contributed by atoms with E-state index < -0.39 is 0 Å². The molecule has 1 amide bonds. The maximum atomic E-state index is 12.8. The number of amides is 1. The average Bonchev–Trinajstić information content (AvgIpc) is 3.10. The third kappa shape index (κ3) is 4.62. The lowest BCUT2D eigenvalue weighted by Crippen LogP contribution is -2.27. The molecule has 0 radical (unpaired) electrons. The van der Waals surface area contributed by atoms with Crippen molar-refractivity contribution >= 4 is 21.8 Å². The van der Waals surface area contributed by atoms with Crippen LogP contribution in [0.2, 0.25) is 0 Å². The fraction of sp³-hybridized carbons (Fsp3) is 0.273. The van der Waals surface area contributed by atoms with Crippen molar-refractivity contribution in [2.75, 3.05) is 13.7 Å². The van der Waals surface area contributed by atoms with Crippen LogP contribution in [0, 0.1) is 6.92 Å². The van der Waals surface area contributed by atoms with Gasteiger partial charge < -0.3 is 14.8 Å². The number of carbonyl (C=O) groups is 1. The van der Waals surface area contributed by atoms with Crippen molar-refractivity contribution in [1.29, 1.82) is 0 Å². The van der Waals surface area contributed by atoms with Gasteiger partial charge in [0.2, 0.25) is 0 Å². The molecule has 1 unspecified atom stereocenters. The average molecular weight is 458 g/mol. The largest absolute Gasteiger partial charge is 0.493 e. The highest BCUT2D eigenvalue weighted by Crippen LogP contribution is 2.30. The van der Waals surface area contributed by atoms with Crippen LogP contribution in [0.1, 0.15) is 41.5 Å². The molecule has 29 heavy (non-hydrogen) atoms. The van der Waals surface area contributed by atoms with Crippen LogP contribution < -0.4 is 14.8 Å². The molecule has 1 atom stereocenters. The lowest BCUT2D eigenvalue weighted by atomic mass is 10.1. The van der Waals surface area contributed by atoms with Gasteiger partial charge in [-0.15, -0.1) is 0 Å². The number of methoxy groups -OCH3 is 1. The molecule has 152 valence electrons. The Balaban J connectivity index is 1.77. The number of nitrogens with one attached hydrogen (secondary N) is 1. The zero-order valence-electron chi connectivity index (χ0n) is 16.9. The lowest BCUT2D eigenvalue weighted by molar-refractivity contribution is 0.0939. The molecule has 0 aliphatic carbocycles. The van der Waals surface area contributed by atoms with Crippen LogP contribution in [-0.2, 0) is 0 Å². The minimum Gasteiger partial charge on any atom is -0.493 e. The van der Waals surface area contributed by atoms with Crippen LogP contribution in [0.4, 0.5) is 0 Å². The minimum atomic E-state index is -0.206. The first kappa shape index (κ1) is 20.9. The number of aromatic nitrogens is 2. The summed E-state index contributed by atoms with van der Waals surface area (Å²) in [5.74, 6) is 1.15. The van der Waals surface area contributed by atoms with Crippen molar-refractivity contribution in [3.8, 4) is 17.2 Å². The molecule has 0 bridgehead atoms. The Morgan fingerprint density at radius 1 is 1.21 bits per heavy atom. The summed E-state index contributed by atoms with van der Waals surface area (Å²) in [7, 11) is 1.60. The third-order valence-corrected chi connectivity index (χ3v) is 5.19. The first-order valence-electron chi connectivity index (χ1n) is 9.36. The molecule has 1 heterocycles. The summed E-state index contributed by atoms with van der Waals surface area (Å²) in [6, 6.07) is 13.2. The van der Waals surface area contributed by atoms with Gasteiger partial charge in [-0.25, -0.2) is 4.68 Å². The summed E-state index contributed by atoms with van der Waals surface area (Å²) in [6.07, 6.45) is 1.60. The van der Waals surface area contributed by atoms with Gasteiger partial charge in [0.1, 0.15) is 0 Å². The lowest BCUT2D eigenvalue weighted by Gasteiger charge is -2.17.